The fourth-order valence-corrected chi connectivity index (χ4v) is 4.28. The van der Waals surface area contributed by atoms with Crippen molar-refractivity contribution in [3.63, 3.8) is 0 Å². The predicted molar refractivity (Wildman–Crippen MR) is 111 cm³/mol. The molecule has 1 fully saturated rings. The smallest absolute Gasteiger partial charge is 0.321 e. The first-order chi connectivity index (χ1) is 13.5. The molecule has 0 unspecified atom stereocenters. The number of carbonyl (C=O) groups excluding carboxylic acids is 2. The van der Waals surface area contributed by atoms with Crippen molar-refractivity contribution in [1.29, 1.82) is 0 Å². The first-order valence-electron chi connectivity index (χ1n) is 10.3. The lowest BCUT2D eigenvalue weighted by Crippen LogP contribution is -2.38. The number of Topliss-reactive ketones (excluding diaryl/α,β-unsaturated/α-hetero) is 1. The van der Waals surface area contributed by atoms with E-state index in [-0.39, 0.29) is 11.9 Å². The van der Waals surface area contributed by atoms with E-state index in [1.165, 1.54) is 6.42 Å². The Morgan fingerprint density at radius 3 is 2.14 bits per heavy atom. The van der Waals surface area contributed by atoms with Crippen LogP contribution in [0.3, 0.4) is 0 Å². The number of carbonyl (C=O) groups is 2. The average Bonchev–Trinajstić information content (AvgIpc) is 2.69. The number of ketones is 1. The van der Waals surface area contributed by atoms with Crippen LogP contribution in [0.2, 0.25) is 0 Å². The molecular formula is C25H30O3. The molecule has 0 radical (unpaired) electrons. The first-order valence-corrected chi connectivity index (χ1v) is 10.3. The van der Waals surface area contributed by atoms with Crippen LogP contribution in [0.15, 0.2) is 60.7 Å². The minimum atomic E-state index is -0.923. The molecule has 1 aliphatic rings. The third kappa shape index (κ3) is 4.70. The second-order valence-electron chi connectivity index (χ2n) is 8.38. The van der Waals surface area contributed by atoms with Crippen LogP contribution in [-0.4, -0.2) is 17.9 Å². The zero-order valence-corrected chi connectivity index (χ0v) is 17.0. The van der Waals surface area contributed by atoms with Crippen LogP contribution in [0.4, 0.5) is 0 Å². The van der Waals surface area contributed by atoms with Gasteiger partial charge in [0.1, 0.15) is 12.0 Å². The van der Waals surface area contributed by atoms with Gasteiger partial charge in [-0.25, -0.2) is 0 Å². The molecule has 0 saturated heterocycles. The van der Waals surface area contributed by atoms with Crippen LogP contribution in [0.1, 0.15) is 61.9 Å². The molecule has 0 amide bonds. The lowest BCUT2D eigenvalue weighted by Gasteiger charge is -2.37. The maximum Gasteiger partial charge on any atom is 0.321 e. The molecule has 0 aliphatic heterocycles. The van der Waals surface area contributed by atoms with E-state index in [0.717, 1.165) is 12.8 Å². The normalized spacial score (nSPS) is 23.2. The number of benzene rings is 2. The molecule has 0 aromatic heterocycles. The summed E-state index contributed by atoms with van der Waals surface area (Å²) < 4.78 is 6.04. The summed E-state index contributed by atoms with van der Waals surface area (Å²) in [6.45, 7) is 6.58. The maximum absolute atomic E-state index is 13.3. The molecular weight excluding hydrogens is 348 g/mol. The van der Waals surface area contributed by atoms with Crippen LogP contribution in [-0.2, 0) is 9.53 Å². The van der Waals surface area contributed by atoms with Crippen LogP contribution in [0, 0.1) is 17.8 Å². The Morgan fingerprint density at radius 2 is 1.54 bits per heavy atom. The van der Waals surface area contributed by atoms with Gasteiger partial charge in [0.2, 0.25) is 0 Å². The highest BCUT2D eigenvalue weighted by molar-refractivity contribution is 6.13. The fraction of sp³-hybridized carbons (Fsp3) is 0.440. The molecule has 4 atom stereocenters. The Labute approximate surface area is 168 Å². The Hall–Kier alpha value is -2.42. The number of esters is 1. The number of rotatable bonds is 6. The van der Waals surface area contributed by atoms with Gasteiger partial charge in [0.05, 0.1) is 0 Å². The third-order valence-corrected chi connectivity index (χ3v) is 5.92. The standard InChI is InChI=1S/C25H30O3/c1-17(2)21-15-14-18(3)16-22(21)28-25(27)23(19-10-6-4-7-11-19)24(26)20-12-8-5-9-13-20/h4-13,17-18,21-23H,14-16H2,1-3H3/t18-,21-,22+,23-/m0/s1. The van der Waals surface area contributed by atoms with Gasteiger partial charge in [0.15, 0.2) is 5.78 Å². The molecule has 3 rings (SSSR count). The van der Waals surface area contributed by atoms with E-state index in [1.807, 2.05) is 48.5 Å². The van der Waals surface area contributed by atoms with Crippen molar-refractivity contribution in [3.05, 3.63) is 71.8 Å². The Morgan fingerprint density at radius 1 is 0.929 bits per heavy atom. The quantitative estimate of drug-likeness (QED) is 0.370. The first kappa shape index (κ1) is 20.3. The Bertz CT molecular complexity index is 782. The topological polar surface area (TPSA) is 43.4 Å². The van der Waals surface area contributed by atoms with Gasteiger partial charge in [-0.2, -0.15) is 0 Å². The van der Waals surface area contributed by atoms with E-state index in [0.29, 0.717) is 28.9 Å². The highest BCUT2D eigenvalue weighted by Gasteiger charge is 2.37. The number of hydrogen-bond donors (Lipinski definition) is 0. The van der Waals surface area contributed by atoms with E-state index < -0.39 is 11.9 Å². The van der Waals surface area contributed by atoms with Gasteiger partial charge in [-0.3, -0.25) is 9.59 Å². The van der Waals surface area contributed by atoms with Crippen LogP contribution >= 0.6 is 0 Å². The van der Waals surface area contributed by atoms with Gasteiger partial charge >= 0.3 is 5.97 Å². The minimum Gasteiger partial charge on any atom is -0.461 e. The van der Waals surface area contributed by atoms with Crippen molar-refractivity contribution in [2.75, 3.05) is 0 Å². The molecule has 3 heteroatoms. The highest BCUT2D eigenvalue weighted by Crippen LogP contribution is 2.36. The number of hydrogen-bond acceptors (Lipinski definition) is 3. The van der Waals surface area contributed by atoms with E-state index in [4.69, 9.17) is 4.74 Å². The van der Waals surface area contributed by atoms with Crippen LogP contribution in [0.25, 0.3) is 0 Å². The largest absolute Gasteiger partial charge is 0.461 e. The summed E-state index contributed by atoms with van der Waals surface area (Å²) in [6.07, 6.45) is 2.99. The maximum atomic E-state index is 13.3. The SMILES string of the molecule is CC(C)[C@@H]1CC[C@H](C)C[C@H]1OC(=O)[C@H](C(=O)c1ccccc1)c1ccccc1. The summed E-state index contributed by atoms with van der Waals surface area (Å²) in [5.74, 6) is -0.221. The molecule has 0 spiro atoms. The molecule has 2 aromatic rings. The van der Waals surface area contributed by atoms with Gasteiger partial charge in [0, 0.05) is 5.56 Å². The second-order valence-corrected chi connectivity index (χ2v) is 8.38. The monoisotopic (exact) mass is 378 g/mol. The summed E-state index contributed by atoms with van der Waals surface area (Å²) in [5.41, 5.74) is 1.22. The van der Waals surface area contributed by atoms with Crippen LogP contribution < -0.4 is 0 Å². The van der Waals surface area contributed by atoms with Gasteiger partial charge in [0.25, 0.3) is 0 Å². The lowest BCUT2D eigenvalue weighted by molar-refractivity contribution is -0.156. The molecule has 148 valence electrons. The third-order valence-electron chi connectivity index (χ3n) is 5.92. The summed E-state index contributed by atoms with van der Waals surface area (Å²) in [5, 5.41) is 0. The van der Waals surface area contributed by atoms with Crippen molar-refractivity contribution >= 4 is 11.8 Å². The molecule has 28 heavy (non-hydrogen) atoms. The highest BCUT2D eigenvalue weighted by atomic mass is 16.5. The Balaban J connectivity index is 1.87. The molecule has 2 aromatic carbocycles. The fourth-order valence-electron chi connectivity index (χ4n) is 4.28. The molecule has 0 bridgehead atoms. The van der Waals surface area contributed by atoms with Crippen molar-refractivity contribution in [2.45, 2.75) is 52.1 Å². The minimum absolute atomic E-state index is 0.119. The van der Waals surface area contributed by atoms with E-state index in [9.17, 15) is 9.59 Å². The van der Waals surface area contributed by atoms with Gasteiger partial charge in [-0.05, 0) is 36.2 Å². The van der Waals surface area contributed by atoms with Gasteiger partial charge in [-0.1, -0.05) is 87.9 Å². The Kier molecular flexibility index (Phi) is 6.66. The average molecular weight is 379 g/mol. The van der Waals surface area contributed by atoms with Crippen molar-refractivity contribution in [2.24, 2.45) is 17.8 Å². The summed E-state index contributed by atoms with van der Waals surface area (Å²) in [6, 6.07) is 18.3. The molecule has 1 aliphatic carbocycles. The van der Waals surface area contributed by atoms with Crippen molar-refractivity contribution < 1.29 is 14.3 Å². The van der Waals surface area contributed by atoms with Gasteiger partial charge < -0.3 is 4.74 Å². The summed E-state index contributed by atoms with van der Waals surface area (Å²) in [4.78, 5) is 26.5. The van der Waals surface area contributed by atoms with E-state index in [1.54, 1.807) is 12.1 Å². The van der Waals surface area contributed by atoms with E-state index >= 15 is 0 Å². The zero-order valence-electron chi connectivity index (χ0n) is 17.0. The second kappa shape index (κ2) is 9.18. The molecule has 1 saturated carbocycles. The molecule has 0 N–H and O–H groups in total. The van der Waals surface area contributed by atoms with Gasteiger partial charge in [-0.15, -0.1) is 0 Å². The molecule has 0 heterocycles. The lowest BCUT2D eigenvalue weighted by atomic mass is 9.75. The van der Waals surface area contributed by atoms with E-state index in [2.05, 4.69) is 20.8 Å². The predicted octanol–water partition coefficient (Wildman–Crippen LogP) is 5.66. The molecule has 3 nitrogen and oxygen atoms in total. The van der Waals surface area contributed by atoms with Crippen LogP contribution in [0.5, 0.6) is 0 Å². The summed E-state index contributed by atoms with van der Waals surface area (Å²) >= 11 is 0. The number of ether oxygens (including phenoxy) is 1. The van der Waals surface area contributed by atoms with Crippen molar-refractivity contribution in [1.82, 2.24) is 0 Å². The zero-order chi connectivity index (χ0) is 20.1. The summed E-state index contributed by atoms with van der Waals surface area (Å²) in [7, 11) is 0. The van der Waals surface area contributed by atoms with Crippen molar-refractivity contribution in [3.8, 4) is 0 Å².